The summed E-state index contributed by atoms with van der Waals surface area (Å²) in [6.45, 7) is 4.62. The van der Waals surface area contributed by atoms with E-state index >= 15 is 0 Å². The van der Waals surface area contributed by atoms with E-state index in [4.69, 9.17) is 24.7 Å². The SMILES string of the molecule is CCCCO[C@@H]1[C@@H](OC(C)=O)[C@H](n2c(=O)sc3c(=O)[nH]c(N)nc32)O[C@@H]1COC(C)=O. The zero-order valence-electron chi connectivity index (χ0n) is 17.3. The van der Waals surface area contributed by atoms with Crippen molar-refractivity contribution >= 4 is 39.6 Å². The lowest BCUT2D eigenvalue weighted by atomic mass is 10.1. The highest BCUT2D eigenvalue weighted by atomic mass is 32.1. The van der Waals surface area contributed by atoms with Crippen molar-refractivity contribution in [1.29, 1.82) is 0 Å². The first-order valence-electron chi connectivity index (χ1n) is 9.71. The summed E-state index contributed by atoms with van der Waals surface area (Å²) >= 11 is 0.663. The fourth-order valence-corrected chi connectivity index (χ4v) is 4.14. The molecule has 0 unspecified atom stereocenters. The summed E-state index contributed by atoms with van der Waals surface area (Å²) in [6, 6.07) is 0. The number of esters is 2. The van der Waals surface area contributed by atoms with Gasteiger partial charge in [-0.25, -0.2) is 0 Å². The van der Waals surface area contributed by atoms with Crippen LogP contribution < -0.4 is 16.2 Å². The molecule has 0 spiro atoms. The fraction of sp³-hybridized carbons (Fsp3) is 0.611. The topological polar surface area (TPSA) is 165 Å². The van der Waals surface area contributed by atoms with Crippen LogP contribution in [0.4, 0.5) is 5.95 Å². The molecule has 2 aromatic rings. The highest BCUT2D eigenvalue weighted by Gasteiger charge is 2.50. The van der Waals surface area contributed by atoms with Crippen molar-refractivity contribution in [3.63, 3.8) is 0 Å². The van der Waals surface area contributed by atoms with Gasteiger partial charge in [0.05, 0.1) is 0 Å². The molecule has 3 N–H and O–H groups in total. The zero-order chi connectivity index (χ0) is 22.7. The Morgan fingerprint density at radius 3 is 2.65 bits per heavy atom. The molecule has 13 heteroatoms. The minimum absolute atomic E-state index is 0.00107. The van der Waals surface area contributed by atoms with Crippen molar-refractivity contribution in [2.24, 2.45) is 0 Å². The summed E-state index contributed by atoms with van der Waals surface area (Å²) in [5, 5.41) is 0. The molecule has 1 aliphatic heterocycles. The second-order valence-electron chi connectivity index (χ2n) is 6.97. The van der Waals surface area contributed by atoms with Gasteiger partial charge in [0.25, 0.3) is 5.56 Å². The number of nitrogens with two attached hydrogens (primary N) is 1. The maximum Gasteiger partial charge on any atom is 0.311 e. The summed E-state index contributed by atoms with van der Waals surface area (Å²) in [4.78, 5) is 53.9. The molecular weight excluding hydrogens is 432 g/mol. The number of unbranched alkanes of at least 4 members (excludes halogenated alkanes) is 1. The summed E-state index contributed by atoms with van der Waals surface area (Å²) in [5.41, 5.74) is 5.08. The van der Waals surface area contributed by atoms with Crippen LogP contribution >= 0.6 is 11.3 Å². The first-order valence-corrected chi connectivity index (χ1v) is 10.5. The van der Waals surface area contributed by atoms with E-state index in [0.29, 0.717) is 17.9 Å². The largest absolute Gasteiger partial charge is 0.463 e. The molecule has 1 fully saturated rings. The summed E-state index contributed by atoms with van der Waals surface area (Å²) in [7, 11) is 0. The summed E-state index contributed by atoms with van der Waals surface area (Å²) in [5.74, 6) is -1.32. The average Bonchev–Trinajstić information content (AvgIpc) is 3.17. The lowest BCUT2D eigenvalue weighted by Crippen LogP contribution is -2.40. The number of ether oxygens (including phenoxy) is 4. The summed E-state index contributed by atoms with van der Waals surface area (Å²) < 4.78 is 23.6. The molecule has 0 bridgehead atoms. The molecular formula is C18H24N4O8S. The van der Waals surface area contributed by atoms with Crippen molar-refractivity contribution in [3.8, 4) is 0 Å². The van der Waals surface area contributed by atoms with Crippen LogP contribution in [0.1, 0.15) is 39.8 Å². The Morgan fingerprint density at radius 1 is 1.26 bits per heavy atom. The monoisotopic (exact) mass is 456 g/mol. The van der Waals surface area contributed by atoms with Gasteiger partial charge in [-0.1, -0.05) is 24.7 Å². The lowest BCUT2D eigenvalue weighted by molar-refractivity contribution is -0.158. The molecule has 12 nitrogen and oxygen atoms in total. The number of nitrogen functional groups attached to an aromatic ring is 1. The standard InChI is InChI=1S/C18H24N4O8S/c1-4-5-6-27-11-10(7-28-8(2)23)30-16(12(11)29-9(3)24)22-14-13(31-18(22)26)15(25)21-17(19)20-14/h10-12,16H,4-7H2,1-3H3,(H3,19,20,21,25)/t10-,11+,12-,16-/m1/s1. The third-order valence-electron chi connectivity index (χ3n) is 4.59. The molecule has 0 aromatic carbocycles. The molecule has 3 heterocycles. The maximum atomic E-state index is 12.8. The maximum absolute atomic E-state index is 12.8. The number of rotatable bonds is 8. The molecule has 0 amide bonds. The molecule has 0 saturated carbocycles. The molecule has 0 aliphatic carbocycles. The Labute approximate surface area is 180 Å². The molecule has 3 rings (SSSR count). The number of hydrogen-bond donors (Lipinski definition) is 2. The van der Waals surface area contributed by atoms with Gasteiger partial charge in [-0.2, -0.15) is 4.98 Å². The van der Waals surface area contributed by atoms with Gasteiger partial charge in [0.15, 0.2) is 18.0 Å². The number of aromatic nitrogens is 3. The van der Waals surface area contributed by atoms with Crippen LogP contribution in [-0.4, -0.2) is 58.0 Å². The number of H-pyrrole nitrogens is 1. The van der Waals surface area contributed by atoms with Crippen LogP contribution in [0, 0.1) is 0 Å². The van der Waals surface area contributed by atoms with Crippen molar-refractivity contribution in [3.05, 3.63) is 20.0 Å². The average molecular weight is 456 g/mol. The van der Waals surface area contributed by atoms with Gasteiger partial charge in [0.1, 0.15) is 23.5 Å². The van der Waals surface area contributed by atoms with Gasteiger partial charge < -0.3 is 24.7 Å². The van der Waals surface area contributed by atoms with Crippen molar-refractivity contribution in [2.45, 2.75) is 58.2 Å². The third kappa shape index (κ3) is 4.94. The molecule has 1 saturated heterocycles. The second kappa shape index (κ2) is 9.58. The Bertz CT molecular complexity index is 1080. The zero-order valence-corrected chi connectivity index (χ0v) is 18.1. The molecule has 4 atom stereocenters. The van der Waals surface area contributed by atoms with Crippen LogP contribution in [0.5, 0.6) is 0 Å². The van der Waals surface area contributed by atoms with Gasteiger partial charge in [-0.3, -0.25) is 28.7 Å². The number of aromatic amines is 1. The van der Waals surface area contributed by atoms with E-state index in [1.54, 1.807) is 0 Å². The number of fused-ring (bicyclic) bond motifs is 1. The van der Waals surface area contributed by atoms with Gasteiger partial charge >= 0.3 is 16.8 Å². The van der Waals surface area contributed by atoms with E-state index in [1.807, 2.05) is 6.92 Å². The molecule has 1 aliphatic rings. The van der Waals surface area contributed by atoms with Gasteiger partial charge in [0.2, 0.25) is 5.95 Å². The van der Waals surface area contributed by atoms with Crippen LogP contribution in [0.3, 0.4) is 0 Å². The quantitative estimate of drug-likeness (QED) is 0.417. The number of thiazole rings is 1. The molecule has 2 aromatic heterocycles. The van der Waals surface area contributed by atoms with E-state index in [0.717, 1.165) is 17.4 Å². The summed E-state index contributed by atoms with van der Waals surface area (Å²) in [6.07, 6.45) is -2.25. The van der Waals surface area contributed by atoms with Crippen LogP contribution in [-0.2, 0) is 28.5 Å². The van der Waals surface area contributed by atoms with Crippen molar-refractivity contribution in [2.75, 3.05) is 18.9 Å². The van der Waals surface area contributed by atoms with E-state index in [9.17, 15) is 19.2 Å². The highest BCUT2D eigenvalue weighted by Crippen LogP contribution is 2.35. The van der Waals surface area contributed by atoms with Gasteiger partial charge in [-0.15, -0.1) is 0 Å². The normalized spacial score (nSPS) is 23.2. The predicted molar refractivity (Wildman–Crippen MR) is 110 cm³/mol. The van der Waals surface area contributed by atoms with Crippen molar-refractivity contribution in [1.82, 2.24) is 14.5 Å². The number of anilines is 1. The number of hydrogen-bond acceptors (Lipinski definition) is 11. The van der Waals surface area contributed by atoms with Gasteiger partial charge in [-0.05, 0) is 6.42 Å². The smallest absolute Gasteiger partial charge is 0.311 e. The molecule has 0 radical (unpaired) electrons. The van der Waals surface area contributed by atoms with Crippen LogP contribution in [0.15, 0.2) is 9.59 Å². The number of carbonyl (C=O) groups is 2. The van der Waals surface area contributed by atoms with E-state index in [2.05, 4.69) is 9.97 Å². The Morgan fingerprint density at radius 2 is 2.00 bits per heavy atom. The van der Waals surface area contributed by atoms with Crippen LogP contribution in [0.2, 0.25) is 0 Å². The first kappa shape index (κ1) is 22.9. The highest BCUT2D eigenvalue weighted by molar-refractivity contribution is 7.16. The molecule has 170 valence electrons. The number of carbonyl (C=O) groups excluding carboxylic acids is 2. The van der Waals surface area contributed by atoms with Gasteiger partial charge in [0, 0.05) is 20.5 Å². The first-order chi connectivity index (χ1) is 14.7. The van der Waals surface area contributed by atoms with E-state index < -0.39 is 46.9 Å². The second-order valence-corrected chi connectivity index (χ2v) is 7.93. The number of nitrogens with zero attached hydrogens (tertiary/aromatic N) is 2. The minimum atomic E-state index is -1.16. The number of nitrogens with one attached hydrogen (secondary N) is 1. The Hall–Kier alpha value is -2.77. The fourth-order valence-electron chi connectivity index (χ4n) is 3.30. The van der Waals surface area contributed by atoms with Crippen LogP contribution in [0.25, 0.3) is 10.3 Å². The Kier molecular flexibility index (Phi) is 7.08. The minimum Gasteiger partial charge on any atom is -0.463 e. The predicted octanol–water partition coefficient (Wildman–Crippen LogP) is 0.306. The molecule has 31 heavy (non-hydrogen) atoms. The van der Waals surface area contributed by atoms with E-state index in [-0.39, 0.29) is 22.9 Å². The Balaban J connectivity index is 2.06. The third-order valence-corrected chi connectivity index (χ3v) is 5.54. The lowest BCUT2D eigenvalue weighted by Gasteiger charge is -2.24. The van der Waals surface area contributed by atoms with Crippen molar-refractivity contribution < 1.29 is 28.5 Å². The van der Waals surface area contributed by atoms with E-state index in [1.165, 1.54) is 13.8 Å².